The van der Waals surface area contributed by atoms with Crippen LogP contribution in [0.25, 0.3) is 0 Å². The van der Waals surface area contributed by atoms with Crippen molar-refractivity contribution in [2.75, 3.05) is 0 Å². The van der Waals surface area contributed by atoms with Gasteiger partial charge < -0.3 is 8.46 Å². The molecule has 0 spiro atoms. The molecule has 35 heavy (non-hydrogen) atoms. The molecule has 0 radical (unpaired) electrons. The summed E-state index contributed by atoms with van der Waals surface area (Å²) in [5.74, 6) is 0. The lowest BCUT2D eigenvalue weighted by molar-refractivity contribution is 0.272. The second-order valence-electron chi connectivity index (χ2n) is 17.3. The van der Waals surface area contributed by atoms with E-state index in [1.54, 1.807) is 0 Å². The van der Waals surface area contributed by atoms with Gasteiger partial charge in [-0.1, -0.05) is 142 Å². The predicted molar refractivity (Wildman–Crippen MR) is 180 cm³/mol. The topological polar surface area (TPSA) is 6.48 Å². The summed E-state index contributed by atoms with van der Waals surface area (Å²) < 4.78 is 6.56. The fraction of sp³-hybridized carbons (Fsp3) is 0.929. The summed E-state index contributed by atoms with van der Waals surface area (Å²) in [4.78, 5) is 0. The van der Waals surface area contributed by atoms with Gasteiger partial charge in [0, 0.05) is 16.4 Å². The zero-order valence-corrected chi connectivity index (χ0v) is 34.3. The summed E-state index contributed by atoms with van der Waals surface area (Å²) in [6.45, 7) is 51.9. The minimum Gasteiger partial charge on any atom is -0.331 e. The molecule has 0 heterocycles. The van der Waals surface area contributed by atoms with E-state index >= 15 is 0 Å². The Morgan fingerprint density at radius 2 is 0.714 bits per heavy atom. The van der Waals surface area contributed by atoms with E-state index in [2.05, 4.69) is 156 Å². The van der Waals surface area contributed by atoms with Gasteiger partial charge in [0.2, 0.25) is 0 Å². The third-order valence-corrected chi connectivity index (χ3v) is 38.8. The van der Waals surface area contributed by atoms with Crippen LogP contribution in [-0.4, -0.2) is 57.8 Å². The third kappa shape index (κ3) is 7.04. The van der Waals surface area contributed by atoms with E-state index in [9.17, 15) is 0 Å². The molecule has 0 atom stereocenters. The van der Waals surface area contributed by atoms with Crippen molar-refractivity contribution in [2.24, 2.45) is 0 Å². The van der Waals surface area contributed by atoms with Gasteiger partial charge >= 0.3 is 0 Å². The molecule has 0 rings (SSSR count). The number of rotatable bonds is 8. The summed E-state index contributed by atoms with van der Waals surface area (Å²) in [5.41, 5.74) is 2.44. The molecule has 0 aromatic heterocycles. The Balaban J connectivity index is 7.93. The summed E-state index contributed by atoms with van der Waals surface area (Å²) in [5, 5.41) is 1.21. The van der Waals surface area contributed by atoms with E-state index in [4.69, 9.17) is 0 Å². The Bertz CT molecular complexity index is 618. The first-order valence-corrected chi connectivity index (χ1v) is 27.1. The highest BCUT2D eigenvalue weighted by molar-refractivity contribution is 6.95. The SMILES string of the molecule is CC(C)(C)[Si](C)(C)N(C(CC=C[SiH3])N([Si](C)(C)C(C)(C)C)[Si](C)(C)C(C)(C)C)[Si](C)(C)C(C)(C)C. The van der Waals surface area contributed by atoms with Crippen LogP contribution in [0.2, 0.25) is 72.5 Å². The first kappa shape index (κ1) is 35.7. The van der Waals surface area contributed by atoms with Crippen LogP contribution in [-0.2, 0) is 0 Å². The van der Waals surface area contributed by atoms with Gasteiger partial charge in [-0.15, -0.1) is 5.70 Å². The van der Waals surface area contributed by atoms with Crippen LogP contribution >= 0.6 is 0 Å². The maximum atomic E-state index is 3.28. The molecule has 0 aliphatic rings. The highest BCUT2D eigenvalue weighted by Crippen LogP contribution is 2.53. The van der Waals surface area contributed by atoms with Crippen LogP contribution in [0.15, 0.2) is 11.8 Å². The van der Waals surface area contributed by atoms with Crippen LogP contribution < -0.4 is 0 Å². The summed E-state index contributed by atoms with van der Waals surface area (Å²) in [7, 11) is -6.29. The minimum atomic E-state index is -1.86. The third-order valence-electron chi connectivity index (χ3n) is 10.9. The van der Waals surface area contributed by atoms with Crippen LogP contribution in [0.1, 0.15) is 89.5 Å². The number of hydrogen-bond donors (Lipinski definition) is 0. The van der Waals surface area contributed by atoms with E-state index in [-0.39, 0.29) is 0 Å². The largest absolute Gasteiger partial charge is 0.331 e. The Kier molecular flexibility index (Phi) is 11.0. The molecule has 0 bridgehead atoms. The molecule has 2 nitrogen and oxygen atoms in total. The highest BCUT2D eigenvalue weighted by Gasteiger charge is 2.60. The fourth-order valence-electron chi connectivity index (χ4n) is 4.92. The second-order valence-corrected chi connectivity index (χ2v) is 39.2. The van der Waals surface area contributed by atoms with Gasteiger partial charge in [0.25, 0.3) is 0 Å². The molecule has 0 amide bonds. The first-order chi connectivity index (χ1) is 14.9. The maximum absolute atomic E-state index is 3.28. The van der Waals surface area contributed by atoms with Crippen molar-refractivity contribution < 1.29 is 0 Å². The summed E-state index contributed by atoms with van der Waals surface area (Å²) >= 11 is 0. The molecule has 0 unspecified atom stereocenters. The Hall–Kier alpha value is 0.744. The Morgan fingerprint density at radius 1 is 0.514 bits per heavy atom. The number of nitrogens with zero attached hydrogens (tertiary/aromatic N) is 2. The second kappa shape index (κ2) is 10.7. The van der Waals surface area contributed by atoms with Crippen molar-refractivity contribution in [1.82, 2.24) is 8.46 Å². The predicted octanol–water partition coefficient (Wildman–Crippen LogP) is 9.21. The normalized spacial score (nSPS) is 16.4. The van der Waals surface area contributed by atoms with E-state index in [0.717, 1.165) is 10.2 Å². The quantitative estimate of drug-likeness (QED) is 0.211. The van der Waals surface area contributed by atoms with Gasteiger partial charge in [-0.2, -0.15) is 0 Å². The van der Waals surface area contributed by atoms with Crippen molar-refractivity contribution in [3.8, 4) is 0 Å². The standard InChI is InChI=1S/C28H68N2Si5/c1-25(2,3)32(13,14)29(33(15,16)26(4,5)6)24(22-21-23-31)30(34(17,18)27(7,8)9)35(19,20)28(10,11)12/h21,23-24H,22H2,1-20,31H3. The van der Waals surface area contributed by atoms with E-state index in [0.29, 0.717) is 26.3 Å². The zero-order chi connectivity index (χ0) is 28.9. The number of hydrogen-bond acceptors (Lipinski definition) is 2. The zero-order valence-electron chi connectivity index (χ0n) is 28.3. The van der Waals surface area contributed by atoms with Gasteiger partial charge in [0.1, 0.15) is 32.9 Å². The molecule has 0 aromatic carbocycles. The highest BCUT2D eigenvalue weighted by atomic mass is 28.4. The average Bonchev–Trinajstić information content (AvgIpc) is 2.54. The Labute approximate surface area is 230 Å². The van der Waals surface area contributed by atoms with E-state index in [1.807, 2.05) is 0 Å². The minimum absolute atomic E-state index is 0.304. The maximum Gasteiger partial charge on any atom is 0.122 e. The van der Waals surface area contributed by atoms with Crippen molar-refractivity contribution in [2.45, 2.75) is 168 Å². The van der Waals surface area contributed by atoms with Gasteiger partial charge in [0.15, 0.2) is 0 Å². The molecule has 0 aromatic rings. The molecular weight excluding hydrogens is 505 g/mol. The molecule has 7 heteroatoms. The van der Waals surface area contributed by atoms with Crippen LogP contribution in [0.5, 0.6) is 0 Å². The Morgan fingerprint density at radius 3 is 0.857 bits per heavy atom. The van der Waals surface area contributed by atoms with Crippen molar-refractivity contribution >= 4 is 43.2 Å². The van der Waals surface area contributed by atoms with E-state index < -0.39 is 32.9 Å². The van der Waals surface area contributed by atoms with Gasteiger partial charge in [-0.05, 0) is 26.6 Å². The molecule has 0 saturated carbocycles. The smallest absolute Gasteiger partial charge is 0.122 e. The van der Waals surface area contributed by atoms with Crippen LogP contribution in [0, 0.1) is 0 Å². The molecule has 0 fully saturated rings. The van der Waals surface area contributed by atoms with Crippen LogP contribution in [0.4, 0.5) is 0 Å². The molecule has 210 valence electrons. The molecule has 0 saturated heterocycles. The lowest BCUT2D eigenvalue weighted by Crippen LogP contribution is -2.80. The average molecular weight is 573 g/mol. The first-order valence-electron chi connectivity index (χ1n) is 14.1. The van der Waals surface area contributed by atoms with Crippen molar-refractivity contribution in [1.29, 1.82) is 0 Å². The molecule has 0 N–H and O–H groups in total. The monoisotopic (exact) mass is 572 g/mol. The lowest BCUT2D eigenvalue weighted by Gasteiger charge is -2.67. The molecule has 0 aliphatic carbocycles. The van der Waals surface area contributed by atoms with Crippen molar-refractivity contribution in [3.63, 3.8) is 0 Å². The summed E-state index contributed by atoms with van der Waals surface area (Å²) in [6, 6.07) is 0. The lowest BCUT2D eigenvalue weighted by atomic mass is 10.2. The van der Waals surface area contributed by atoms with Crippen molar-refractivity contribution in [3.05, 3.63) is 11.8 Å². The van der Waals surface area contributed by atoms with E-state index in [1.165, 1.54) is 6.42 Å². The summed E-state index contributed by atoms with van der Waals surface area (Å²) in [6.07, 6.45) is 4.21. The molecule has 0 aliphatic heterocycles. The van der Waals surface area contributed by atoms with Gasteiger partial charge in [-0.25, -0.2) is 0 Å². The van der Waals surface area contributed by atoms with Gasteiger partial charge in [0.05, 0.1) is 0 Å². The van der Waals surface area contributed by atoms with Gasteiger partial charge in [-0.3, -0.25) is 0 Å². The van der Waals surface area contributed by atoms with Crippen LogP contribution in [0.3, 0.4) is 0 Å². The molecular formula is C28H68N2Si5. The fourth-order valence-corrected chi connectivity index (χ4v) is 27.6.